The summed E-state index contributed by atoms with van der Waals surface area (Å²) in [4.78, 5) is 11.4. The van der Waals surface area contributed by atoms with Crippen LogP contribution in [-0.2, 0) is 22.7 Å². The quantitative estimate of drug-likeness (QED) is 0.247. The number of hydrogen-bond acceptors (Lipinski definition) is 3. The molecule has 0 heterocycles. The van der Waals surface area contributed by atoms with Crippen LogP contribution in [0.4, 0.5) is 0 Å². The third-order valence-electron chi connectivity index (χ3n) is 7.95. The maximum Gasteiger partial charge on any atom is 0.330 e. The van der Waals surface area contributed by atoms with Crippen LogP contribution in [0.15, 0.2) is 30.9 Å². The summed E-state index contributed by atoms with van der Waals surface area (Å²) in [5.74, 6) is 3.03. The summed E-state index contributed by atoms with van der Waals surface area (Å²) in [6.45, 7) is 5.91. The van der Waals surface area contributed by atoms with Gasteiger partial charge in [-0.1, -0.05) is 70.2 Å². The topological polar surface area (TPSA) is 46.5 Å². The molecule has 2 fully saturated rings. The molecule has 2 aliphatic carbocycles. The molecule has 0 unspecified atom stereocenters. The number of carbonyl (C=O) groups is 1. The van der Waals surface area contributed by atoms with Gasteiger partial charge < -0.3 is 9.84 Å². The zero-order valence-corrected chi connectivity index (χ0v) is 19.5. The summed E-state index contributed by atoms with van der Waals surface area (Å²) in [6, 6.07) is 6.31. The van der Waals surface area contributed by atoms with E-state index in [4.69, 9.17) is 4.74 Å². The Morgan fingerprint density at radius 2 is 1.71 bits per heavy atom. The van der Waals surface area contributed by atoms with Crippen molar-refractivity contribution < 1.29 is 14.6 Å². The van der Waals surface area contributed by atoms with Crippen molar-refractivity contribution in [2.24, 2.45) is 17.8 Å². The van der Waals surface area contributed by atoms with Gasteiger partial charge in [-0.3, -0.25) is 0 Å². The number of hydrogen-bond donors (Lipinski definition) is 1. The molecule has 0 spiro atoms. The minimum atomic E-state index is -0.421. The Bertz CT molecular complexity index is 694. The van der Waals surface area contributed by atoms with Crippen LogP contribution in [-0.4, -0.2) is 11.1 Å². The third-order valence-corrected chi connectivity index (χ3v) is 7.95. The molecule has 1 aromatic rings. The highest BCUT2D eigenvalue weighted by Crippen LogP contribution is 2.44. The van der Waals surface area contributed by atoms with Crippen molar-refractivity contribution in [1.82, 2.24) is 0 Å². The van der Waals surface area contributed by atoms with Crippen LogP contribution in [0.1, 0.15) is 107 Å². The standard InChI is InChI=1S/C28H42O3/c1-3-5-6-7-21-8-10-22(11-9-21)23-12-14-24(15-13-23)25-16-17-26(19-29)27(18-25)20-31-28(30)4-2/h4,16-18,21-24,29H,2-3,5-15,19-20H2,1H3. The van der Waals surface area contributed by atoms with E-state index >= 15 is 0 Å². The molecule has 172 valence electrons. The van der Waals surface area contributed by atoms with E-state index in [9.17, 15) is 9.90 Å². The average Bonchev–Trinajstić information content (AvgIpc) is 2.83. The first kappa shape index (κ1) is 24.0. The molecule has 3 rings (SSSR count). The van der Waals surface area contributed by atoms with Crippen molar-refractivity contribution in [3.05, 3.63) is 47.5 Å². The number of aliphatic hydroxyl groups excluding tert-OH is 1. The number of esters is 1. The van der Waals surface area contributed by atoms with Crippen LogP contribution in [0.25, 0.3) is 0 Å². The average molecular weight is 427 g/mol. The highest BCUT2D eigenvalue weighted by Gasteiger charge is 2.31. The normalized spacial score (nSPS) is 26.4. The number of benzene rings is 1. The Hall–Kier alpha value is -1.61. The highest BCUT2D eigenvalue weighted by atomic mass is 16.5. The van der Waals surface area contributed by atoms with E-state index in [1.807, 2.05) is 6.07 Å². The largest absolute Gasteiger partial charge is 0.458 e. The van der Waals surface area contributed by atoms with Gasteiger partial charge in [0.2, 0.25) is 0 Å². The summed E-state index contributed by atoms with van der Waals surface area (Å²) < 4.78 is 5.23. The van der Waals surface area contributed by atoms with Crippen LogP contribution in [0, 0.1) is 17.8 Å². The Balaban J connectivity index is 1.49. The molecule has 1 N–H and O–H groups in total. The lowest BCUT2D eigenvalue weighted by Crippen LogP contribution is -2.25. The molecular formula is C28H42O3. The maximum atomic E-state index is 11.4. The summed E-state index contributed by atoms with van der Waals surface area (Å²) in [7, 11) is 0. The molecule has 0 saturated heterocycles. The molecular weight excluding hydrogens is 384 g/mol. The molecule has 3 heteroatoms. The Morgan fingerprint density at radius 1 is 1.03 bits per heavy atom. The fourth-order valence-electron chi connectivity index (χ4n) is 5.95. The molecule has 0 aromatic heterocycles. The van der Waals surface area contributed by atoms with Crippen molar-refractivity contribution in [2.45, 2.75) is 103 Å². The van der Waals surface area contributed by atoms with Gasteiger partial charge in [0, 0.05) is 6.08 Å². The SMILES string of the molecule is C=CC(=O)OCc1cc(C2CCC(C3CCC(CCCCC)CC3)CC2)ccc1CO. The van der Waals surface area contributed by atoms with E-state index in [2.05, 4.69) is 25.6 Å². The van der Waals surface area contributed by atoms with Gasteiger partial charge in [-0.15, -0.1) is 0 Å². The third kappa shape index (κ3) is 6.94. The summed E-state index contributed by atoms with van der Waals surface area (Å²) in [5.41, 5.74) is 3.09. The van der Waals surface area contributed by atoms with Gasteiger partial charge in [0.1, 0.15) is 6.61 Å². The molecule has 0 bridgehead atoms. The van der Waals surface area contributed by atoms with E-state index in [0.29, 0.717) is 5.92 Å². The number of carbonyl (C=O) groups excluding carboxylic acids is 1. The van der Waals surface area contributed by atoms with Gasteiger partial charge in [-0.2, -0.15) is 0 Å². The van der Waals surface area contributed by atoms with Crippen LogP contribution >= 0.6 is 0 Å². The fourth-order valence-corrected chi connectivity index (χ4v) is 5.95. The second-order valence-corrected chi connectivity index (χ2v) is 9.89. The number of rotatable bonds is 10. The first-order valence-electron chi connectivity index (χ1n) is 12.7. The van der Waals surface area contributed by atoms with Crippen LogP contribution < -0.4 is 0 Å². The lowest BCUT2D eigenvalue weighted by Gasteiger charge is -2.38. The minimum absolute atomic E-state index is 0.0326. The summed E-state index contributed by atoms with van der Waals surface area (Å²) in [5, 5.41) is 9.64. The van der Waals surface area contributed by atoms with E-state index in [0.717, 1.165) is 28.9 Å². The molecule has 0 atom stereocenters. The number of ether oxygens (including phenoxy) is 1. The molecule has 31 heavy (non-hydrogen) atoms. The highest BCUT2D eigenvalue weighted by molar-refractivity contribution is 5.81. The molecule has 0 amide bonds. The summed E-state index contributed by atoms with van der Waals surface area (Å²) in [6.07, 6.45) is 17.8. The predicted octanol–water partition coefficient (Wildman–Crippen LogP) is 7.07. The predicted molar refractivity (Wildman–Crippen MR) is 127 cm³/mol. The summed E-state index contributed by atoms with van der Waals surface area (Å²) >= 11 is 0. The first-order chi connectivity index (χ1) is 15.1. The van der Waals surface area contributed by atoms with Gasteiger partial charge in [0.05, 0.1) is 6.61 Å². The lowest BCUT2D eigenvalue weighted by atomic mass is 9.68. The van der Waals surface area contributed by atoms with Crippen LogP contribution in [0.2, 0.25) is 0 Å². The Kier molecular flexibility index (Phi) is 9.64. The van der Waals surface area contributed by atoms with Crippen LogP contribution in [0.3, 0.4) is 0 Å². The smallest absolute Gasteiger partial charge is 0.330 e. The molecule has 0 radical (unpaired) electrons. The molecule has 1 aromatic carbocycles. The second-order valence-electron chi connectivity index (χ2n) is 9.89. The van der Waals surface area contributed by atoms with Gasteiger partial charge in [-0.25, -0.2) is 4.79 Å². The molecule has 2 saturated carbocycles. The number of unbranched alkanes of at least 4 members (excludes halogenated alkanes) is 2. The van der Waals surface area contributed by atoms with E-state index in [-0.39, 0.29) is 13.2 Å². The lowest BCUT2D eigenvalue weighted by molar-refractivity contribution is -0.139. The van der Waals surface area contributed by atoms with Crippen molar-refractivity contribution in [3.8, 4) is 0 Å². The molecule has 3 nitrogen and oxygen atoms in total. The van der Waals surface area contributed by atoms with Crippen LogP contribution in [0.5, 0.6) is 0 Å². The van der Waals surface area contributed by atoms with Gasteiger partial charge in [0.15, 0.2) is 0 Å². The Labute approximate surface area is 189 Å². The minimum Gasteiger partial charge on any atom is -0.458 e. The van der Waals surface area contributed by atoms with Gasteiger partial charge in [0.25, 0.3) is 0 Å². The van der Waals surface area contributed by atoms with Crippen molar-refractivity contribution in [2.75, 3.05) is 0 Å². The molecule has 0 aliphatic heterocycles. The Morgan fingerprint density at radius 3 is 2.32 bits per heavy atom. The zero-order valence-electron chi connectivity index (χ0n) is 19.5. The van der Waals surface area contributed by atoms with Crippen molar-refractivity contribution >= 4 is 5.97 Å². The first-order valence-corrected chi connectivity index (χ1v) is 12.7. The number of aliphatic hydroxyl groups is 1. The van der Waals surface area contributed by atoms with Crippen molar-refractivity contribution in [1.29, 1.82) is 0 Å². The van der Waals surface area contributed by atoms with E-state index < -0.39 is 5.97 Å². The van der Waals surface area contributed by atoms with Gasteiger partial charge in [-0.05, 0) is 78.9 Å². The van der Waals surface area contributed by atoms with Crippen molar-refractivity contribution in [3.63, 3.8) is 0 Å². The van der Waals surface area contributed by atoms with E-state index in [1.54, 1.807) is 0 Å². The monoisotopic (exact) mass is 426 g/mol. The van der Waals surface area contributed by atoms with E-state index in [1.165, 1.54) is 88.7 Å². The van der Waals surface area contributed by atoms with Gasteiger partial charge >= 0.3 is 5.97 Å². The maximum absolute atomic E-state index is 11.4. The zero-order chi connectivity index (χ0) is 22.1. The second kappa shape index (κ2) is 12.4. The molecule has 2 aliphatic rings. The fraction of sp³-hybridized carbons (Fsp3) is 0.679.